The minimum atomic E-state index is -0.795. The maximum Gasteiger partial charge on any atom is 0.234 e. The Morgan fingerprint density at radius 1 is 1.33 bits per heavy atom. The first kappa shape index (κ1) is 13.0. The number of H-pyrrole nitrogens is 1. The summed E-state index contributed by atoms with van der Waals surface area (Å²) in [6.45, 7) is 0. The van der Waals surface area contributed by atoms with Gasteiger partial charge in [0.2, 0.25) is 5.95 Å². The third-order valence-electron chi connectivity index (χ3n) is 2.96. The van der Waals surface area contributed by atoms with Crippen molar-refractivity contribution in [2.24, 2.45) is 10.7 Å². The molecule has 0 atom stereocenters. The molecule has 0 spiro atoms. The maximum atomic E-state index is 13.5. The normalized spacial score (nSPS) is 17.0. The summed E-state index contributed by atoms with van der Waals surface area (Å²) in [6, 6.07) is 1.30. The molecule has 2 aromatic heterocycles. The predicted molar refractivity (Wildman–Crippen MR) is 74.9 cm³/mol. The zero-order valence-electron chi connectivity index (χ0n) is 10.6. The lowest BCUT2D eigenvalue weighted by molar-refractivity contribution is 0.560. The summed E-state index contributed by atoms with van der Waals surface area (Å²) >= 11 is 0. The molecule has 3 rings (SSSR count). The highest BCUT2D eigenvalue weighted by Gasteiger charge is 2.21. The number of nitrogens with one attached hydrogen (secondary N) is 3. The van der Waals surface area contributed by atoms with Crippen LogP contribution >= 0.6 is 0 Å². The fourth-order valence-electron chi connectivity index (χ4n) is 2.05. The number of allylic oxidation sites excluding steroid dienone is 2. The molecule has 3 heterocycles. The smallest absolute Gasteiger partial charge is 0.234 e. The summed E-state index contributed by atoms with van der Waals surface area (Å²) in [7, 11) is 0. The lowest BCUT2D eigenvalue weighted by Crippen LogP contribution is -2.27. The van der Waals surface area contributed by atoms with Crippen LogP contribution in [0.1, 0.15) is 5.56 Å². The van der Waals surface area contributed by atoms with Crippen molar-refractivity contribution in [1.29, 1.82) is 5.41 Å². The molecule has 5 N–H and O–H groups in total. The van der Waals surface area contributed by atoms with Crippen LogP contribution < -0.4 is 11.1 Å². The number of aromatic amines is 1. The van der Waals surface area contributed by atoms with Crippen LogP contribution in [0.25, 0.3) is 11.0 Å². The summed E-state index contributed by atoms with van der Waals surface area (Å²) in [5, 5.41) is 10.0. The standard InChI is InChI=1S/C13H10F2N6/c14-6-3-7-8(5-19-13(7)18-4-6)10-9(1-2-16)20-11(15)12(17)21-10/h1-5,16,20H,17H2,(H,18,19)/b9-1-,16-2?. The van der Waals surface area contributed by atoms with Crippen LogP contribution in [0.3, 0.4) is 0 Å². The Morgan fingerprint density at radius 3 is 2.90 bits per heavy atom. The zero-order chi connectivity index (χ0) is 15.0. The first-order valence-electron chi connectivity index (χ1n) is 5.95. The lowest BCUT2D eigenvalue weighted by atomic mass is 10.1. The number of hydrogen-bond donors (Lipinski definition) is 4. The second-order valence-electron chi connectivity index (χ2n) is 4.28. The van der Waals surface area contributed by atoms with Crippen LogP contribution in [0.5, 0.6) is 0 Å². The molecule has 0 radical (unpaired) electrons. The fraction of sp³-hybridized carbons (Fsp3) is 0. The lowest BCUT2D eigenvalue weighted by Gasteiger charge is -2.17. The van der Waals surface area contributed by atoms with E-state index in [9.17, 15) is 8.78 Å². The van der Waals surface area contributed by atoms with Crippen molar-refractivity contribution in [3.63, 3.8) is 0 Å². The molecule has 21 heavy (non-hydrogen) atoms. The van der Waals surface area contributed by atoms with Gasteiger partial charge in [0.25, 0.3) is 0 Å². The molecule has 1 aliphatic rings. The molecular weight excluding hydrogens is 278 g/mol. The number of aromatic nitrogens is 2. The van der Waals surface area contributed by atoms with E-state index >= 15 is 0 Å². The largest absolute Gasteiger partial charge is 0.380 e. The summed E-state index contributed by atoms with van der Waals surface area (Å²) in [5.74, 6) is -1.61. The molecule has 6 nitrogen and oxygen atoms in total. The molecule has 106 valence electrons. The van der Waals surface area contributed by atoms with E-state index in [2.05, 4.69) is 20.3 Å². The number of pyridine rings is 1. The van der Waals surface area contributed by atoms with Gasteiger partial charge in [0.05, 0.1) is 17.6 Å². The predicted octanol–water partition coefficient (Wildman–Crippen LogP) is 1.68. The topological polar surface area (TPSA) is 103 Å². The van der Waals surface area contributed by atoms with Crippen molar-refractivity contribution in [1.82, 2.24) is 15.3 Å². The van der Waals surface area contributed by atoms with Gasteiger partial charge in [0.15, 0.2) is 5.82 Å². The van der Waals surface area contributed by atoms with Crippen molar-refractivity contribution in [2.75, 3.05) is 0 Å². The van der Waals surface area contributed by atoms with Crippen LogP contribution in [0.4, 0.5) is 8.78 Å². The zero-order valence-corrected chi connectivity index (χ0v) is 10.6. The van der Waals surface area contributed by atoms with E-state index in [0.717, 1.165) is 12.4 Å². The summed E-state index contributed by atoms with van der Waals surface area (Å²) in [5.41, 5.74) is 7.01. The summed E-state index contributed by atoms with van der Waals surface area (Å²) < 4.78 is 26.9. The van der Waals surface area contributed by atoms with Crippen molar-refractivity contribution in [3.8, 4) is 0 Å². The molecule has 1 aliphatic heterocycles. The van der Waals surface area contributed by atoms with E-state index in [1.807, 2.05) is 0 Å². The van der Waals surface area contributed by atoms with E-state index in [4.69, 9.17) is 11.1 Å². The third-order valence-corrected chi connectivity index (χ3v) is 2.96. The van der Waals surface area contributed by atoms with E-state index in [1.165, 1.54) is 12.1 Å². The minimum Gasteiger partial charge on any atom is -0.380 e. The monoisotopic (exact) mass is 288 g/mol. The Labute approximate surface area is 117 Å². The van der Waals surface area contributed by atoms with Gasteiger partial charge in [-0.2, -0.15) is 4.39 Å². The van der Waals surface area contributed by atoms with Crippen molar-refractivity contribution in [2.45, 2.75) is 0 Å². The average molecular weight is 288 g/mol. The van der Waals surface area contributed by atoms with Crippen LogP contribution in [-0.4, -0.2) is 21.9 Å². The van der Waals surface area contributed by atoms with E-state index in [0.29, 0.717) is 22.3 Å². The van der Waals surface area contributed by atoms with Crippen molar-refractivity contribution in [3.05, 3.63) is 53.4 Å². The molecule has 8 heteroatoms. The molecule has 0 amide bonds. The minimum absolute atomic E-state index is 0.252. The number of rotatable bonds is 2. The first-order chi connectivity index (χ1) is 10.1. The van der Waals surface area contributed by atoms with Gasteiger partial charge in [0, 0.05) is 23.4 Å². The Balaban J connectivity index is 2.24. The number of hydrogen-bond acceptors (Lipinski definition) is 5. The fourth-order valence-corrected chi connectivity index (χ4v) is 2.05. The van der Waals surface area contributed by atoms with Crippen LogP contribution in [-0.2, 0) is 0 Å². The average Bonchev–Trinajstić information content (AvgIpc) is 2.86. The summed E-state index contributed by atoms with van der Waals surface area (Å²) in [6.07, 6.45) is 4.98. The van der Waals surface area contributed by atoms with Crippen LogP contribution in [0, 0.1) is 11.2 Å². The molecule has 0 fully saturated rings. The van der Waals surface area contributed by atoms with Gasteiger partial charge in [-0.15, -0.1) is 0 Å². The third kappa shape index (κ3) is 2.16. The van der Waals surface area contributed by atoms with Gasteiger partial charge in [0.1, 0.15) is 11.5 Å². The first-order valence-corrected chi connectivity index (χ1v) is 5.95. The number of aliphatic imine (C=N–C) groups is 1. The van der Waals surface area contributed by atoms with Gasteiger partial charge < -0.3 is 21.4 Å². The van der Waals surface area contributed by atoms with Gasteiger partial charge >= 0.3 is 0 Å². The highest BCUT2D eigenvalue weighted by molar-refractivity contribution is 6.20. The second kappa shape index (κ2) is 4.82. The van der Waals surface area contributed by atoms with E-state index in [1.54, 1.807) is 6.20 Å². The molecule has 0 aromatic carbocycles. The molecule has 0 unspecified atom stereocenters. The summed E-state index contributed by atoms with van der Waals surface area (Å²) in [4.78, 5) is 10.8. The van der Waals surface area contributed by atoms with Gasteiger partial charge in [-0.1, -0.05) is 0 Å². The molecular formula is C13H10F2N6. The Morgan fingerprint density at radius 2 is 2.14 bits per heavy atom. The maximum absolute atomic E-state index is 13.5. The number of nitrogens with zero attached hydrogens (tertiary/aromatic N) is 2. The Bertz CT molecular complexity index is 830. The van der Waals surface area contributed by atoms with Crippen molar-refractivity contribution >= 4 is 23.0 Å². The molecule has 0 saturated heterocycles. The quantitative estimate of drug-likeness (QED) is 0.499. The highest BCUT2D eigenvalue weighted by Crippen LogP contribution is 2.23. The number of nitrogens with two attached hydrogens (primary N) is 1. The molecule has 2 aromatic rings. The number of halogens is 2. The van der Waals surface area contributed by atoms with Crippen molar-refractivity contribution < 1.29 is 8.78 Å². The number of fused-ring (bicyclic) bond motifs is 1. The molecule has 0 aliphatic carbocycles. The Kier molecular flexibility index (Phi) is 2.98. The van der Waals surface area contributed by atoms with Crippen LogP contribution in [0.15, 0.2) is 47.0 Å². The highest BCUT2D eigenvalue weighted by atomic mass is 19.1. The molecule has 0 saturated carbocycles. The van der Waals surface area contributed by atoms with E-state index in [-0.39, 0.29) is 11.5 Å². The van der Waals surface area contributed by atoms with Gasteiger partial charge in [-0.05, 0) is 12.1 Å². The van der Waals surface area contributed by atoms with Gasteiger partial charge in [-0.25, -0.2) is 14.4 Å². The molecule has 0 bridgehead atoms. The Hall–Kier alpha value is -3.03. The van der Waals surface area contributed by atoms with Gasteiger partial charge in [-0.3, -0.25) is 0 Å². The SMILES string of the molecule is N=C/C=C1\NC(F)=C(N)N=C1c1c[nH]c2ncc(F)cc12. The van der Waals surface area contributed by atoms with E-state index < -0.39 is 11.8 Å². The second-order valence-corrected chi connectivity index (χ2v) is 4.28. The van der Waals surface area contributed by atoms with Crippen LogP contribution in [0.2, 0.25) is 0 Å².